The molecule has 18 rings (SSSR count). The fourth-order valence-electron chi connectivity index (χ4n) is 16.2. The number of hydrogen-bond acceptors (Lipinski definition) is 2. The van der Waals surface area contributed by atoms with Gasteiger partial charge in [-0.1, -0.05) is 327 Å². The van der Waals surface area contributed by atoms with Crippen molar-refractivity contribution in [1.29, 1.82) is 0 Å². The quantitative estimate of drug-likeness (QED) is 0.120. The van der Waals surface area contributed by atoms with E-state index in [2.05, 4.69) is 408 Å². The first kappa shape index (κ1) is 62.0. The van der Waals surface area contributed by atoms with Crippen LogP contribution in [0.1, 0.15) is 52.7 Å². The van der Waals surface area contributed by atoms with Gasteiger partial charge in [0.15, 0.2) is 0 Å². The van der Waals surface area contributed by atoms with Gasteiger partial charge < -0.3 is 14.4 Å². The first-order chi connectivity index (χ1) is 49.9. The first-order valence-corrected chi connectivity index (χ1v) is 35.8. The third-order valence-corrected chi connectivity index (χ3v) is 21.3. The predicted molar refractivity (Wildman–Crippen MR) is 436 cm³/mol. The van der Waals surface area contributed by atoms with Crippen molar-refractivity contribution >= 4 is 79.0 Å². The number of aromatic nitrogens is 1. The van der Waals surface area contributed by atoms with Crippen molar-refractivity contribution < 1.29 is 0 Å². The van der Waals surface area contributed by atoms with Crippen LogP contribution in [-0.2, 0) is 10.8 Å². The summed E-state index contributed by atoms with van der Waals surface area (Å²) in [6, 6.07) is 132. The molecule has 0 radical (unpaired) electrons. The molecule has 0 bridgehead atoms. The maximum absolute atomic E-state index is 2.69. The molecule has 486 valence electrons. The Hall–Kier alpha value is -12.2. The van der Waals surface area contributed by atoms with Crippen molar-refractivity contribution in [2.24, 2.45) is 0 Å². The minimum Gasteiger partial charge on any atom is -0.310 e. The summed E-state index contributed by atoms with van der Waals surface area (Å²) in [6.45, 7) is 13.7. The van der Waals surface area contributed by atoms with E-state index >= 15 is 0 Å². The molecule has 0 unspecified atom stereocenters. The minimum atomic E-state index is -0.286. The van der Waals surface area contributed by atoms with Crippen molar-refractivity contribution in [1.82, 2.24) is 4.57 Å². The van der Waals surface area contributed by atoms with Gasteiger partial charge in [0.25, 0.3) is 6.71 Å². The van der Waals surface area contributed by atoms with Crippen molar-refractivity contribution in [2.45, 2.75) is 52.4 Å². The Labute approximate surface area is 599 Å². The number of anilines is 6. The second kappa shape index (κ2) is 24.9. The van der Waals surface area contributed by atoms with Gasteiger partial charge in [-0.2, -0.15) is 0 Å². The third kappa shape index (κ3) is 10.8. The Morgan fingerprint density at radius 3 is 0.873 bits per heavy atom. The van der Waals surface area contributed by atoms with Crippen LogP contribution in [0.15, 0.2) is 352 Å². The normalized spacial score (nSPS) is 12.5. The van der Waals surface area contributed by atoms with E-state index < -0.39 is 0 Å². The molecule has 0 fully saturated rings. The highest BCUT2D eigenvalue weighted by Crippen LogP contribution is 2.54. The van der Waals surface area contributed by atoms with Crippen molar-refractivity contribution in [2.75, 3.05) is 9.80 Å². The number of benzene rings is 15. The van der Waals surface area contributed by atoms with Gasteiger partial charge in [0.1, 0.15) is 0 Å². The monoisotopic (exact) mass is 1310 g/mol. The Kier molecular flexibility index (Phi) is 15.1. The van der Waals surface area contributed by atoms with E-state index in [-0.39, 0.29) is 17.5 Å². The smallest absolute Gasteiger partial charge is 0.252 e. The van der Waals surface area contributed by atoms with Crippen LogP contribution in [-0.4, -0.2) is 11.3 Å². The second-order valence-corrected chi connectivity index (χ2v) is 29.6. The number of fused-ring (bicyclic) bond motifs is 7. The molecule has 1 aromatic heterocycles. The molecule has 0 saturated heterocycles. The SMILES string of the molecule is CC(C)(C)c1ccc2c(c1)c1cc(C(C)(C)C)ccc1n2-c1cc2c3c(c1)N(c1c(-c4ccccc4)cccc1-c1ccccc1)c1ccc(-c4cc(-c5ccccc5)cc(-c5ccccc5)c4)cc1B3c1cc(-c3ccccc3)ccc1N2c1c(-c2ccccc2)cccc1-c1ccccc1. The maximum Gasteiger partial charge on any atom is 0.252 e. The third-order valence-electron chi connectivity index (χ3n) is 21.3. The topological polar surface area (TPSA) is 11.4 Å². The van der Waals surface area contributed by atoms with Gasteiger partial charge in [-0.25, -0.2) is 0 Å². The Bertz CT molecular complexity index is 5610. The second-order valence-electron chi connectivity index (χ2n) is 29.6. The van der Waals surface area contributed by atoms with E-state index in [1.165, 1.54) is 66.1 Å². The first-order valence-electron chi connectivity index (χ1n) is 35.8. The van der Waals surface area contributed by atoms with Gasteiger partial charge in [0.05, 0.1) is 28.1 Å². The van der Waals surface area contributed by atoms with Gasteiger partial charge in [0, 0.05) is 55.8 Å². The van der Waals surface area contributed by atoms with Gasteiger partial charge in [-0.15, -0.1) is 0 Å². The molecule has 0 spiro atoms. The minimum absolute atomic E-state index is 0.0859. The fourth-order valence-corrected chi connectivity index (χ4v) is 16.2. The molecule has 3 heterocycles. The Morgan fingerprint density at radius 2 is 0.539 bits per heavy atom. The molecule has 15 aromatic carbocycles. The molecule has 4 heteroatoms. The summed E-state index contributed by atoms with van der Waals surface area (Å²) in [5, 5.41) is 2.48. The zero-order valence-corrected chi connectivity index (χ0v) is 58.4. The lowest BCUT2D eigenvalue weighted by molar-refractivity contribution is 0.590. The van der Waals surface area contributed by atoms with E-state index in [4.69, 9.17) is 0 Å². The van der Waals surface area contributed by atoms with Crippen LogP contribution in [0.4, 0.5) is 34.1 Å². The van der Waals surface area contributed by atoms with Crippen molar-refractivity contribution in [3.05, 3.63) is 363 Å². The summed E-state index contributed by atoms with van der Waals surface area (Å²) in [5.74, 6) is 0. The highest BCUT2D eigenvalue weighted by atomic mass is 15.2. The van der Waals surface area contributed by atoms with Crippen LogP contribution in [0.25, 0.3) is 117 Å². The van der Waals surface area contributed by atoms with Crippen molar-refractivity contribution in [3.63, 3.8) is 0 Å². The molecule has 3 nitrogen and oxygen atoms in total. The molecular weight excluding hydrogens is 1230 g/mol. The van der Waals surface area contributed by atoms with Crippen LogP contribution in [0.5, 0.6) is 0 Å². The van der Waals surface area contributed by atoms with E-state index in [1.807, 2.05) is 0 Å². The fraction of sp³-hybridized carbons (Fsp3) is 0.0816. The molecule has 0 atom stereocenters. The predicted octanol–water partition coefficient (Wildman–Crippen LogP) is 24.8. The standard InChI is InChI=1S/C98H76BN3/c1-97(2,3)77-50-54-88-84(61-77)85-62-78(98(4,5)6)51-55-89(85)100(88)79-63-92-94-93(64-79)102(96-82(70-40-24-12-25-41-70)46-29-47-83(96)71-42-26-13-27-43-71)91-53-49-73(76-57-74(66-32-16-8-17-33-66)56-75(58-76)67-34-18-9-19-35-67)60-87(91)99(94)86-59-72(65-30-14-7-15-31-65)48-52-90(86)101(92)95-80(68-36-20-10-21-37-68)44-28-45-81(95)69-38-22-11-23-39-69/h7-64H,1-6H3. The van der Waals surface area contributed by atoms with Crippen LogP contribution in [0, 0.1) is 0 Å². The highest BCUT2D eigenvalue weighted by Gasteiger charge is 2.46. The van der Waals surface area contributed by atoms with Gasteiger partial charge in [-0.3, -0.25) is 0 Å². The molecule has 0 saturated carbocycles. The molecule has 2 aliphatic rings. The largest absolute Gasteiger partial charge is 0.310 e. The molecule has 0 aliphatic carbocycles. The van der Waals surface area contributed by atoms with E-state index in [0.717, 1.165) is 112 Å². The lowest BCUT2D eigenvalue weighted by atomic mass is 9.33. The van der Waals surface area contributed by atoms with Crippen molar-refractivity contribution in [3.8, 4) is 94.7 Å². The van der Waals surface area contributed by atoms with E-state index in [1.54, 1.807) is 0 Å². The molecule has 16 aromatic rings. The molecule has 0 N–H and O–H groups in total. The summed E-state index contributed by atoms with van der Waals surface area (Å²) in [7, 11) is 0. The maximum atomic E-state index is 2.69. The van der Waals surface area contributed by atoms with E-state index in [0.29, 0.717) is 0 Å². The highest BCUT2D eigenvalue weighted by molar-refractivity contribution is 7.00. The number of hydrogen-bond donors (Lipinski definition) is 0. The van der Waals surface area contributed by atoms with Crippen LogP contribution < -0.4 is 26.2 Å². The summed E-state index contributed by atoms with van der Waals surface area (Å²) in [4.78, 5) is 5.37. The van der Waals surface area contributed by atoms with Crippen LogP contribution in [0.2, 0.25) is 0 Å². The molecule has 2 aliphatic heterocycles. The Balaban J connectivity index is 1.03. The average Bonchev–Trinajstić information content (AvgIpc) is 0.825. The average molecular weight is 1310 g/mol. The van der Waals surface area contributed by atoms with Gasteiger partial charge >= 0.3 is 0 Å². The molecular formula is C98H76BN3. The number of nitrogens with zero attached hydrogens (tertiary/aromatic N) is 3. The lowest BCUT2D eigenvalue weighted by Crippen LogP contribution is -2.61. The zero-order valence-electron chi connectivity index (χ0n) is 58.4. The summed E-state index contributed by atoms with van der Waals surface area (Å²) in [6.07, 6.45) is 0. The molecule has 0 amide bonds. The van der Waals surface area contributed by atoms with E-state index in [9.17, 15) is 0 Å². The van der Waals surface area contributed by atoms with Gasteiger partial charge in [0.2, 0.25) is 0 Å². The summed E-state index contributed by atoms with van der Waals surface area (Å²) < 4.78 is 2.59. The van der Waals surface area contributed by atoms with Gasteiger partial charge in [-0.05, 0) is 172 Å². The number of rotatable bonds is 11. The van der Waals surface area contributed by atoms with Crippen LogP contribution >= 0.6 is 0 Å². The lowest BCUT2D eigenvalue weighted by Gasteiger charge is -2.46. The summed E-state index contributed by atoms with van der Waals surface area (Å²) >= 11 is 0. The van der Waals surface area contributed by atoms with Crippen LogP contribution in [0.3, 0.4) is 0 Å². The molecule has 102 heavy (non-hydrogen) atoms. The Morgan fingerprint density at radius 1 is 0.235 bits per heavy atom. The summed E-state index contributed by atoms with van der Waals surface area (Å²) in [5.41, 5.74) is 34.6. The number of para-hydroxylation sites is 2. The zero-order chi connectivity index (χ0) is 68.8.